The second kappa shape index (κ2) is 9.41. The SMILES string of the molecule is CC(C)NS(=O)(=O)Cc1ccc(CNC(=O)Nc2ccc(Cl)c(Cl)c2)cc1. The van der Waals surface area contributed by atoms with Crippen LogP contribution in [0.2, 0.25) is 10.0 Å². The predicted molar refractivity (Wildman–Crippen MR) is 110 cm³/mol. The van der Waals surface area contributed by atoms with Gasteiger partial charge in [-0.2, -0.15) is 0 Å². The van der Waals surface area contributed by atoms with Crippen molar-refractivity contribution in [1.82, 2.24) is 10.0 Å². The molecular weight excluding hydrogens is 409 g/mol. The van der Waals surface area contributed by atoms with Crippen LogP contribution in [0, 0.1) is 0 Å². The molecule has 0 heterocycles. The average Bonchev–Trinajstić information content (AvgIpc) is 2.56. The lowest BCUT2D eigenvalue weighted by Crippen LogP contribution is -2.31. The Labute approximate surface area is 169 Å². The Bertz CT molecular complexity index is 901. The van der Waals surface area contributed by atoms with E-state index in [2.05, 4.69) is 15.4 Å². The van der Waals surface area contributed by atoms with Crippen molar-refractivity contribution in [2.24, 2.45) is 0 Å². The molecule has 0 spiro atoms. The quantitative estimate of drug-likeness (QED) is 0.617. The van der Waals surface area contributed by atoms with Crippen LogP contribution in [0.4, 0.5) is 10.5 Å². The molecule has 2 amide bonds. The standard InChI is InChI=1S/C18H21Cl2N3O3S/c1-12(2)23-27(25,26)11-14-5-3-13(4-6-14)10-21-18(24)22-15-7-8-16(19)17(20)9-15/h3-9,12,23H,10-11H2,1-2H3,(H2,21,22,24). The molecule has 146 valence electrons. The molecule has 0 aliphatic heterocycles. The maximum atomic E-state index is 12.0. The first-order valence-electron chi connectivity index (χ1n) is 8.22. The number of nitrogens with one attached hydrogen (secondary N) is 3. The van der Waals surface area contributed by atoms with Crippen LogP contribution in [0.15, 0.2) is 42.5 Å². The number of amides is 2. The fraction of sp³-hybridized carbons (Fsp3) is 0.278. The highest BCUT2D eigenvalue weighted by molar-refractivity contribution is 7.88. The van der Waals surface area contributed by atoms with Crippen LogP contribution in [0.25, 0.3) is 0 Å². The van der Waals surface area contributed by atoms with Crippen LogP contribution in [0.1, 0.15) is 25.0 Å². The van der Waals surface area contributed by atoms with Gasteiger partial charge in [-0.05, 0) is 43.2 Å². The van der Waals surface area contributed by atoms with Gasteiger partial charge in [0.2, 0.25) is 10.0 Å². The lowest BCUT2D eigenvalue weighted by molar-refractivity contribution is 0.251. The first kappa shape index (κ1) is 21.5. The van der Waals surface area contributed by atoms with Gasteiger partial charge in [0.1, 0.15) is 0 Å². The molecule has 0 unspecified atom stereocenters. The van der Waals surface area contributed by atoms with E-state index >= 15 is 0 Å². The van der Waals surface area contributed by atoms with Crippen LogP contribution in [0.5, 0.6) is 0 Å². The molecule has 6 nitrogen and oxygen atoms in total. The van der Waals surface area contributed by atoms with Crippen molar-refractivity contribution in [3.8, 4) is 0 Å². The molecule has 0 aromatic heterocycles. The van der Waals surface area contributed by atoms with Crippen LogP contribution < -0.4 is 15.4 Å². The van der Waals surface area contributed by atoms with Crippen molar-refractivity contribution in [1.29, 1.82) is 0 Å². The summed E-state index contributed by atoms with van der Waals surface area (Å²) >= 11 is 11.7. The van der Waals surface area contributed by atoms with Gasteiger partial charge in [0.15, 0.2) is 0 Å². The van der Waals surface area contributed by atoms with Crippen LogP contribution in [0.3, 0.4) is 0 Å². The maximum Gasteiger partial charge on any atom is 0.319 e. The van der Waals surface area contributed by atoms with E-state index in [1.54, 1.807) is 56.3 Å². The molecule has 3 N–H and O–H groups in total. The van der Waals surface area contributed by atoms with Gasteiger partial charge in [0.25, 0.3) is 0 Å². The Kier molecular flexibility index (Phi) is 7.49. The second-order valence-electron chi connectivity index (χ2n) is 6.28. The van der Waals surface area contributed by atoms with E-state index in [9.17, 15) is 13.2 Å². The fourth-order valence-corrected chi connectivity index (χ4v) is 4.04. The lowest BCUT2D eigenvalue weighted by atomic mass is 10.1. The predicted octanol–water partition coefficient (Wildman–Crippen LogP) is 4.14. The molecule has 27 heavy (non-hydrogen) atoms. The number of anilines is 1. The number of carbonyl (C=O) groups excluding carboxylic acids is 1. The Balaban J connectivity index is 1.87. The van der Waals surface area contributed by atoms with E-state index in [4.69, 9.17) is 23.2 Å². The summed E-state index contributed by atoms with van der Waals surface area (Å²) < 4.78 is 26.4. The summed E-state index contributed by atoms with van der Waals surface area (Å²) in [5, 5.41) is 6.14. The summed E-state index contributed by atoms with van der Waals surface area (Å²) in [7, 11) is -3.36. The van der Waals surface area contributed by atoms with Gasteiger partial charge in [-0.15, -0.1) is 0 Å². The number of sulfonamides is 1. The minimum Gasteiger partial charge on any atom is -0.334 e. The average molecular weight is 430 g/mol. The van der Waals surface area contributed by atoms with E-state index in [0.29, 0.717) is 27.8 Å². The van der Waals surface area contributed by atoms with Crippen molar-refractivity contribution >= 4 is 44.9 Å². The van der Waals surface area contributed by atoms with Gasteiger partial charge in [-0.3, -0.25) is 0 Å². The third-order valence-corrected chi connectivity index (χ3v) is 5.71. The van der Waals surface area contributed by atoms with Crippen molar-refractivity contribution in [2.75, 3.05) is 5.32 Å². The van der Waals surface area contributed by atoms with Gasteiger partial charge >= 0.3 is 6.03 Å². The normalized spacial score (nSPS) is 11.4. The highest BCUT2D eigenvalue weighted by Crippen LogP contribution is 2.24. The van der Waals surface area contributed by atoms with Gasteiger partial charge in [0, 0.05) is 18.3 Å². The maximum absolute atomic E-state index is 12.0. The minimum absolute atomic E-state index is 0.0866. The number of hydrogen-bond acceptors (Lipinski definition) is 3. The van der Waals surface area contributed by atoms with Crippen molar-refractivity contribution in [3.05, 3.63) is 63.6 Å². The molecular formula is C18H21Cl2N3O3S. The third kappa shape index (κ3) is 7.38. The Morgan fingerprint density at radius 2 is 1.63 bits per heavy atom. The number of benzene rings is 2. The van der Waals surface area contributed by atoms with E-state index in [1.807, 2.05) is 0 Å². The molecule has 2 aromatic carbocycles. The first-order chi connectivity index (χ1) is 12.6. The number of hydrogen-bond donors (Lipinski definition) is 3. The first-order valence-corrected chi connectivity index (χ1v) is 10.6. The molecule has 0 aliphatic rings. The molecule has 0 bridgehead atoms. The zero-order chi connectivity index (χ0) is 20.0. The molecule has 0 saturated carbocycles. The summed E-state index contributed by atoms with van der Waals surface area (Å²) in [6, 6.07) is 11.3. The van der Waals surface area contributed by atoms with Gasteiger partial charge in [-0.1, -0.05) is 47.5 Å². The Hall–Kier alpha value is -1.80. The molecule has 9 heteroatoms. The third-order valence-electron chi connectivity index (χ3n) is 3.43. The summed E-state index contributed by atoms with van der Waals surface area (Å²) in [5.41, 5.74) is 2.05. The molecule has 2 rings (SSSR count). The summed E-state index contributed by atoms with van der Waals surface area (Å²) in [6.07, 6.45) is 0. The van der Waals surface area contributed by atoms with Crippen LogP contribution in [-0.2, 0) is 22.3 Å². The molecule has 0 fully saturated rings. The molecule has 0 saturated heterocycles. The van der Waals surface area contributed by atoms with Crippen molar-refractivity contribution in [3.63, 3.8) is 0 Å². The van der Waals surface area contributed by atoms with Crippen LogP contribution >= 0.6 is 23.2 Å². The monoisotopic (exact) mass is 429 g/mol. The van der Waals surface area contributed by atoms with Gasteiger partial charge < -0.3 is 10.6 Å². The smallest absolute Gasteiger partial charge is 0.319 e. The Morgan fingerprint density at radius 1 is 1.00 bits per heavy atom. The largest absolute Gasteiger partial charge is 0.334 e. The fourth-order valence-electron chi connectivity index (χ4n) is 2.31. The van der Waals surface area contributed by atoms with Crippen LogP contribution in [-0.4, -0.2) is 20.5 Å². The van der Waals surface area contributed by atoms with Gasteiger partial charge in [-0.25, -0.2) is 17.9 Å². The van der Waals surface area contributed by atoms with Gasteiger partial charge in [0.05, 0.1) is 15.8 Å². The highest BCUT2D eigenvalue weighted by Gasteiger charge is 2.12. The number of rotatable bonds is 7. The van der Waals surface area contributed by atoms with E-state index in [1.165, 1.54) is 0 Å². The summed E-state index contributed by atoms with van der Waals surface area (Å²) in [5.74, 6) is -0.0866. The molecule has 2 aromatic rings. The summed E-state index contributed by atoms with van der Waals surface area (Å²) in [4.78, 5) is 12.0. The molecule has 0 aliphatic carbocycles. The van der Waals surface area contributed by atoms with E-state index in [-0.39, 0.29) is 17.8 Å². The van der Waals surface area contributed by atoms with Crippen molar-refractivity contribution < 1.29 is 13.2 Å². The summed E-state index contributed by atoms with van der Waals surface area (Å²) in [6.45, 7) is 3.84. The minimum atomic E-state index is -3.36. The number of carbonyl (C=O) groups is 1. The van der Waals surface area contributed by atoms with Crippen molar-refractivity contribution in [2.45, 2.75) is 32.2 Å². The topological polar surface area (TPSA) is 87.3 Å². The second-order valence-corrected chi connectivity index (χ2v) is 8.85. The van der Waals surface area contributed by atoms with E-state index < -0.39 is 10.0 Å². The number of urea groups is 1. The molecule has 0 radical (unpaired) electrons. The molecule has 0 atom stereocenters. The van der Waals surface area contributed by atoms with E-state index in [0.717, 1.165) is 5.56 Å². The lowest BCUT2D eigenvalue weighted by Gasteiger charge is -2.11. The zero-order valence-electron chi connectivity index (χ0n) is 14.9. The highest BCUT2D eigenvalue weighted by atomic mass is 35.5. The Morgan fingerprint density at radius 3 is 2.22 bits per heavy atom. The zero-order valence-corrected chi connectivity index (χ0v) is 17.3. The number of halogens is 2.